The molecule has 1 aliphatic heterocycles. The molecule has 0 amide bonds. The highest BCUT2D eigenvalue weighted by molar-refractivity contribution is 6.29. The highest BCUT2D eigenvalue weighted by Gasteiger charge is 2.24. The fourth-order valence-corrected chi connectivity index (χ4v) is 2.93. The van der Waals surface area contributed by atoms with Gasteiger partial charge in [0.1, 0.15) is 16.7 Å². The first kappa shape index (κ1) is 14.9. The zero-order valence-corrected chi connectivity index (χ0v) is 13.3. The van der Waals surface area contributed by atoms with Gasteiger partial charge in [0.15, 0.2) is 0 Å². The maximum Gasteiger partial charge on any atom is 0.149 e. The zero-order chi connectivity index (χ0) is 15.4. The Bertz CT molecular complexity index is 637. The van der Waals surface area contributed by atoms with Crippen LogP contribution in [0.25, 0.3) is 0 Å². The van der Waals surface area contributed by atoms with Crippen LogP contribution in [0.1, 0.15) is 6.42 Å². The van der Waals surface area contributed by atoms with Gasteiger partial charge in [0.25, 0.3) is 0 Å². The highest BCUT2D eigenvalue weighted by Crippen LogP contribution is 2.31. The van der Waals surface area contributed by atoms with E-state index in [-0.39, 0.29) is 0 Å². The molecule has 0 spiro atoms. The predicted octanol–water partition coefficient (Wildman–Crippen LogP) is 3.08. The molecule has 5 nitrogen and oxygen atoms in total. The average Bonchev–Trinajstić information content (AvgIpc) is 3.02. The van der Waals surface area contributed by atoms with Crippen LogP contribution < -0.4 is 15.0 Å². The molecule has 1 fully saturated rings. The Morgan fingerprint density at radius 1 is 1.36 bits per heavy atom. The van der Waals surface area contributed by atoms with E-state index in [1.54, 1.807) is 13.3 Å². The van der Waals surface area contributed by atoms with Crippen molar-refractivity contribution in [2.24, 2.45) is 5.92 Å². The van der Waals surface area contributed by atoms with Crippen molar-refractivity contribution in [3.8, 4) is 5.75 Å². The molecule has 6 heteroatoms. The summed E-state index contributed by atoms with van der Waals surface area (Å²) in [5.41, 5.74) is 1.16. The first-order chi connectivity index (χ1) is 10.8. The molecule has 3 rings (SSSR count). The number of nitrogens with zero attached hydrogens (tertiary/aromatic N) is 3. The number of halogens is 1. The van der Waals surface area contributed by atoms with Crippen molar-refractivity contribution in [3.05, 3.63) is 41.8 Å². The molecule has 0 saturated carbocycles. The summed E-state index contributed by atoms with van der Waals surface area (Å²) in [7, 11) is 1.71. The Balaban J connectivity index is 1.58. The second-order valence-electron chi connectivity index (χ2n) is 5.38. The molecular formula is C16H19ClN4O. The SMILES string of the molecule is COc1ccccc1N1CC[C@@H](CNc2cncc(Cl)n2)C1. The predicted molar refractivity (Wildman–Crippen MR) is 88.8 cm³/mol. The van der Waals surface area contributed by atoms with Gasteiger partial charge >= 0.3 is 0 Å². The van der Waals surface area contributed by atoms with Gasteiger partial charge in [-0.1, -0.05) is 23.7 Å². The van der Waals surface area contributed by atoms with Crippen LogP contribution in [0.5, 0.6) is 5.75 Å². The van der Waals surface area contributed by atoms with Gasteiger partial charge < -0.3 is 15.0 Å². The van der Waals surface area contributed by atoms with Crippen molar-refractivity contribution in [1.82, 2.24) is 9.97 Å². The lowest BCUT2D eigenvalue weighted by atomic mass is 10.1. The Morgan fingerprint density at radius 3 is 3.05 bits per heavy atom. The summed E-state index contributed by atoms with van der Waals surface area (Å²) >= 11 is 5.84. The molecule has 1 atom stereocenters. The third-order valence-electron chi connectivity index (χ3n) is 3.89. The third-order valence-corrected chi connectivity index (χ3v) is 4.07. The Kier molecular flexibility index (Phi) is 4.63. The van der Waals surface area contributed by atoms with Gasteiger partial charge in [-0.3, -0.25) is 4.98 Å². The van der Waals surface area contributed by atoms with E-state index in [1.165, 1.54) is 6.20 Å². The van der Waals surface area contributed by atoms with Crippen LogP contribution in [0.3, 0.4) is 0 Å². The lowest BCUT2D eigenvalue weighted by Gasteiger charge is -2.21. The first-order valence-corrected chi connectivity index (χ1v) is 7.73. The zero-order valence-electron chi connectivity index (χ0n) is 12.5. The van der Waals surface area contributed by atoms with E-state index >= 15 is 0 Å². The second kappa shape index (κ2) is 6.83. The van der Waals surface area contributed by atoms with Gasteiger partial charge in [0.05, 0.1) is 25.2 Å². The number of nitrogens with one attached hydrogen (secondary N) is 1. The van der Waals surface area contributed by atoms with E-state index in [9.17, 15) is 0 Å². The fourth-order valence-electron chi connectivity index (χ4n) is 2.79. The standard InChI is InChI=1S/C16H19ClN4O/c1-22-14-5-3-2-4-13(14)21-7-6-12(11-21)8-19-16-10-18-9-15(17)20-16/h2-5,9-10,12H,6-8,11H2,1H3,(H,19,20)/t12-/m0/s1. The van der Waals surface area contributed by atoms with Crippen LogP contribution in [0, 0.1) is 5.92 Å². The molecule has 1 N–H and O–H groups in total. The molecule has 2 heterocycles. The van der Waals surface area contributed by atoms with E-state index < -0.39 is 0 Å². The van der Waals surface area contributed by atoms with E-state index in [2.05, 4.69) is 26.3 Å². The molecule has 0 aliphatic carbocycles. The summed E-state index contributed by atoms with van der Waals surface area (Å²) in [5, 5.41) is 3.72. The number of methoxy groups -OCH3 is 1. The molecular weight excluding hydrogens is 300 g/mol. The number of hydrogen-bond donors (Lipinski definition) is 1. The van der Waals surface area contributed by atoms with Crippen molar-refractivity contribution in [1.29, 1.82) is 0 Å². The van der Waals surface area contributed by atoms with Crippen LogP contribution in [-0.2, 0) is 0 Å². The smallest absolute Gasteiger partial charge is 0.149 e. The molecule has 22 heavy (non-hydrogen) atoms. The number of aromatic nitrogens is 2. The molecule has 116 valence electrons. The second-order valence-corrected chi connectivity index (χ2v) is 5.77. The summed E-state index contributed by atoms with van der Waals surface area (Å²) in [5.74, 6) is 2.21. The number of para-hydroxylation sites is 2. The molecule has 1 aromatic carbocycles. The number of hydrogen-bond acceptors (Lipinski definition) is 5. The molecule has 0 radical (unpaired) electrons. The van der Waals surface area contributed by atoms with Gasteiger partial charge in [0, 0.05) is 19.6 Å². The Morgan fingerprint density at radius 2 is 2.23 bits per heavy atom. The molecule has 0 unspecified atom stereocenters. The van der Waals surface area contributed by atoms with Crippen LogP contribution in [0.2, 0.25) is 5.15 Å². The van der Waals surface area contributed by atoms with E-state index in [0.717, 1.165) is 43.3 Å². The Labute approximate surface area is 135 Å². The monoisotopic (exact) mass is 318 g/mol. The van der Waals surface area contributed by atoms with Crippen molar-refractivity contribution in [2.45, 2.75) is 6.42 Å². The lowest BCUT2D eigenvalue weighted by Crippen LogP contribution is -2.23. The first-order valence-electron chi connectivity index (χ1n) is 7.35. The van der Waals surface area contributed by atoms with E-state index in [4.69, 9.17) is 16.3 Å². The van der Waals surface area contributed by atoms with Crippen LogP contribution in [0.4, 0.5) is 11.5 Å². The van der Waals surface area contributed by atoms with Crippen molar-refractivity contribution >= 4 is 23.1 Å². The minimum Gasteiger partial charge on any atom is -0.495 e. The summed E-state index contributed by atoms with van der Waals surface area (Å²) in [6, 6.07) is 8.15. The normalized spacial score (nSPS) is 17.5. The van der Waals surface area contributed by atoms with E-state index in [0.29, 0.717) is 11.1 Å². The van der Waals surface area contributed by atoms with Crippen molar-refractivity contribution in [2.75, 3.05) is 37.0 Å². The lowest BCUT2D eigenvalue weighted by molar-refractivity contribution is 0.414. The van der Waals surface area contributed by atoms with Gasteiger partial charge in [-0.25, -0.2) is 4.98 Å². The molecule has 1 saturated heterocycles. The third kappa shape index (κ3) is 3.42. The maximum atomic E-state index is 5.84. The van der Waals surface area contributed by atoms with E-state index in [1.807, 2.05) is 18.2 Å². The summed E-state index contributed by atoms with van der Waals surface area (Å²) < 4.78 is 5.45. The van der Waals surface area contributed by atoms with Crippen LogP contribution >= 0.6 is 11.6 Å². The minimum absolute atomic E-state index is 0.409. The quantitative estimate of drug-likeness (QED) is 0.918. The molecule has 1 aromatic heterocycles. The molecule has 0 bridgehead atoms. The maximum absolute atomic E-state index is 5.84. The highest BCUT2D eigenvalue weighted by atomic mass is 35.5. The van der Waals surface area contributed by atoms with Gasteiger partial charge in [-0.05, 0) is 24.5 Å². The topological polar surface area (TPSA) is 50.3 Å². The van der Waals surface area contributed by atoms with Gasteiger partial charge in [-0.15, -0.1) is 0 Å². The number of benzene rings is 1. The van der Waals surface area contributed by atoms with Crippen LogP contribution in [0.15, 0.2) is 36.7 Å². The molecule has 2 aromatic rings. The van der Waals surface area contributed by atoms with Gasteiger partial charge in [0.2, 0.25) is 0 Å². The number of rotatable bonds is 5. The Hall–Kier alpha value is -2.01. The number of ether oxygens (including phenoxy) is 1. The van der Waals surface area contributed by atoms with Crippen molar-refractivity contribution < 1.29 is 4.74 Å². The fraction of sp³-hybridized carbons (Fsp3) is 0.375. The molecule has 1 aliphatic rings. The minimum atomic E-state index is 0.409. The largest absolute Gasteiger partial charge is 0.495 e. The van der Waals surface area contributed by atoms with Gasteiger partial charge in [-0.2, -0.15) is 0 Å². The average molecular weight is 319 g/mol. The summed E-state index contributed by atoms with van der Waals surface area (Å²) in [6.07, 6.45) is 4.36. The summed E-state index contributed by atoms with van der Waals surface area (Å²) in [4.78, 5) is 10.6. The van der Waals surface area contributed by atoms with Crippen LogP contribution in [-0.4, -0.2) is 36.7 Å². The summed E-state index contributed by atoms with van der Waals surface area (Å²) in [6.45, 7) is 2.90. The number of anilines is 2. The van der Waals surface area contributed by atoms with Crippen molar-refractivity contribution in [3.63, 3.8) is 0 Å².